The van der Waals surface area contributed by atoms with E-state index in [1.807, 2.05) is 0 Å². The van der Waals surface area contributed by atoms with Crippen LogP contribution in [0.2, 0.25) is 0 Å². The summed E-state index contributed by atoms with van der Waals surface area (Å²) in [5.41, 5.74) is 0. The fourth-order valence-corrected chi connectivity index (χ4v) is 1.87. The van der Waals surface area contributed by atoms with Gasteiger partial charge in [0.15, 0.2) is 0 Å². The summed E-state index contributed by atoms with van der Waals surface area (Å²) in [6.07, 6.45) is 13.8. The number of unbranched alkanes of at least 4 members (excludes halogenated alkanes) is 10. The monoisotopic (exact) mass is 227 g/mol. The Kier molecular flexibility index (Phi) is 12.1. The van der Waals surface area contributed by atoms with E-state index in [9.17, 15) is 4.79 Å². The number of carbonyl (C=O) groups is 1. The van der Waals surface area contributed by atoms with E-state index in [-0.39, 0.29) is 0 Å². The minimum Gasteiger partial charge on any atom is -0.481 e. The zero-order chi connectivity index (χ0) is 12.1. The Bertz CT molecular complexity index is 155. The maximum absolute atomic E-state index is 10.3. The van der Waals surface area contributed by atoms with Crippen molar-refractivity contribution in [3.63, 3.8) is 0 Å². The highest BCUT2D eigenvalue weighted by atomic mass is 16.4. The maximum atomic E-state index is 10.3. The highest BCUT2D eigenvalue weighted by Gasteiger charge is 1.96. The Labute approximate surface area is 100 Å². The van der Waals surface area contributed by atoms with E-state index >= 15 is 0 Å². The number of carboxylic acid groups (broad SMARTS) is 1. The Morgan fingerprint density at radius 1 is 0.750 bits per heavy atom. The first-order chi connectivity index (χ1) is 7.77. The van der Waals surface area contributed by atoms with E-state index in [2.05, 4.69) is 6.92 Å². The number of hydrogen-bond donors (Lipinski definition) is 1. The van der Waals surface area contributed by atoms with Crippen molar-refractivity contribution in [1.29, 1.82) is 0 Å². The zero-order valence-electron chi connectivity index (χ0n) is 10.5. The van der Waals surface area contributed by atoms with Gasteiger partial charge in [-0.05, 0) is 6.42 Å². The average molecular weight is 227 g/mol. The first kappa shape index (κ1) is 15.5. The topological polar surface area (TPSA) is 37.3 Å². The molecule has 1 radical (unpaired) electrons. The lowest BCUT2D eigenvalue weighted by Gasteiger charge is -2.01. The molecule has 0 aromatic carbocycles. The fourth-order valence-electron chi connectivity index (χ4n) is 1.87. The van der Waals surface area contributed by atoms with Crippen molar-refractivity contribution < 1.29 is 9.90 Å². The summed E-state index contributed by atoms with van der Waals surface area (Å²) in [5, 5.41) is 8.45. The molecule has 2 heteroatoms. The molecule has 2 nitrogen and oxygen atoms in total. The number of hydrogen-bond acceptors (Lipinski definition) is 1. The molecule has 0 atom stereocenters. The van der Waals surface area contributed by atoms with Gasteiger partial charge in [-0.2, -0.15) is 0 Å². The normalized spacial score (nSPS) is 10.6. The van der Waals surface area contributed by atoms with Gasteiger partial charge in [-0.25, -0.2) is 0 Å². The molecule has 0 heterocycles. The zero-order valence-corrected chi connectivity index (χ0v) is 10.5. The molecular weight excluding hydrogens is 200 g/mol. The Balaban J connectivity index is 2.90. The van der Waals surface area contributed by atoms with Crippen LogP contribution in [0.1, 0.15) is 77.0 Å². The number of aliphatic carboxylic acids is 1. The third-order valence-corrected chi connectivity index (χ3v) is 2.89. The molecule has 0 aliphatic heterocycles. The summed E-state index contributed by atoms with van der Waals surface area (Å²) in [6.45, 7) is 3.83. The molecule has 0 aromatic rings. The molecule has 0 fully saturated rings. The van der Waals surface area contributed by atoms with Crippen LogP contribution < -0.4 is 0 Å². The van der Waals surface area contributed by atoms with Gasteiger partial charge < -0.3 is 5.11 Å². The molecule has 0 unspecified atom stereocenters. The third-order valence-electron chi connectivity index (χ3n) is 2.89. The third kappa shape index (κ3) is 13.5. The Morgan fingerprint density at radius 2 is 1.12 bits per heavy atom. The molecule has 0 aliphatic carbocycles. The molecule has 95 valence electrons. The average Bonchev–Trinajstić information content (AvgIpc) is 2.25. The van der Waals surface area contributed by atoms with Crippen molar-refractivity contribution in [2.45, 2.75) is 77.0 Å². The largest absolute Gasteiger partial charge is 0.481 e. The number of rotatable bonds is 12. The molecular formula is C14H27O2. The van der Waals surface area contributed by atoms with Crippen LogP contribution in [0.5, 0.6) is 0 Å². The summed E-state index contributed by atoms with van der Waals surface area (Å²) in [4.78, 5) is 10.3. The molecule has 16 heavy (non-hydrogen) atoms. The summed E-state index contributed by atoms with van der Waals surface area (Å²) in [7, 11) is 0. The van der Waals surface area contributed by atoms with Gasteiger partial charge >= 0.3 is 5.97 Å². The van der Waals surface area contributed by atoms with Gasteiger partial charge in [0, 0.05) is 6.42 Å². The number of carboxylic acids is 1. The lowest BCUT2D eigenvalue weighted by atomic mass is 10.1. The van der Waals surface area contributed by atoms with Crippen molar-refractivity contribution in [1.82, 2.24) is 0 Å². The summed E-state index contributed by atoms with van der Waals surface area (Å²) in [5.74, 6) is -0.662. The summed E-state index contributed by atoms with van der Waals surface area (Å²) in [6, 6.07) is 0. The Hall–Kier alpha value is -0.530. The van der Waals surface area contributed by atoms with Gasteiger partial charge in [0.05, 0.1) is 0 Å². The molecule has 0 saturated heterocycles. The predicted octanol–water partition coefficient (Wildman–Crippen LogP) is 4.59. The van der Waals surface area contributed by atoms with Gasteiger partial charge in [0.25, 0.3) is 0 Å². The Morgan fingerprint density at radius 3 is 1.50 bits per heavy atom. The predicted molar refractivity (Wildman–Crippen MR) is 68.4 cm³/mol. The van der Waals surface area contributed by atoms with Crippen LogP contribution in [-0.2, 0) is 4.79 Å². The maximum Gasteiger partial charge on any atom is 0.303 e. The lowest BCUT2D eigenvalue weighted by molar-refractivity contribution is -0.137. The van der Waals surface area contributed by atoms with Gasteiger partial charge in [-0.1, -0.05) is 71.1 Å². The highest BCUT2D eigenvalue weighted by molar-refractivity contribution is 5.66. The minimum absolute atomic E-state index is 0.338. The van der Waals surface area contributed by atoms with Crippen molar-refractivity contribution >= 4 is 5.97 Å². The van der Waals surface area contributed by atoms with Crippen LogP contribution >= 0.6 is 0 Å². The molecule has 0 spiro atoms. The van der Waals surface area contributed by atoms with Crippen LogP contribution in [0.25, 0.3) is 0 Å². The smallest absolute Gasteiger partial charge is 0.303 e. The van der Waals surface area contributed by atoms with Gasteiger partial charge in [-0.15, -0.1) is 0 Å². The minimum atomic E-state index is -0.662. The highest BCUT2D eigenvalue weighted by Crippen LogP contribution is 2.11. The van der Waals surface area contributed by atoms with Crippen LogP contribution in [-0.4, -0.2) is 11.1 Å². The summed E-state index contributed by atoms with van der Waals surface area (Å²) < 4.78 is 0. The van der Waals surface area contributed by atoms with Crippen LogP contribution in [0.4, 0.5) is 0 Å². The SMILES string of the molecule is [CH2]CCCCCCCCCCCCC(=O)O. The second-order valence-electron chi connectivity index (χ2n) is 4.53. The van der Waals surface area contributed by atoms with E-state index < -0.39 is 5.97 Å². The van der Waals surface area contributed by atoms with E-state index in [1.165, 1.54) is 51.4 Å². The standard InChI is InChI=1S/C14H27O2/c1-2-3-4-5-6-7-8-9-10-11-12-13-14(15)16/h1-13H2,(H,15,16). The molecule has 0 saturated carbocycles. The van der Waals surface area contributed by atoms with Gasteiger partial charge in [-0.3, -0.25) is 4.79 Å². The summed E-state index contributed by atoms with van der Waals surface area (Å²) >= 11 is 0. The van der Waals surface area contributed by atoms with Crippen LogP contribution in [0.15, 0.2) is 0 Å². The quantitative estimate of drug-likeness (QED) is 0.495. The second-order valence-corrected chi connectivity index (χ2v) is 4.53. The van der Waals surface area contributed by atoms with Crippen molar-refractivity contribution in [2.24, 2.45) is 0 Å². The fraction of sp³-hybridized carbons (Fsp3) is 0.857. The van der Waals surface area contributed by atoms with E-state index in [0.717, 1.165) is 19.3 Å². The second kappa shape index (κ2) is 12.5. The van der Waals surface area contributed by atoms with Crippen LogP contribution in [0.3, 0.4) is 0 Å². The van der Waals surface area contributed by atoms with E-state index in [4.69, 9.17) is 5.11 Å². The van der Waals surface area contributed by atoms with Crippen molar-refractivity contribution in [3.8, 4) is 0 Å². The molecule has 0 aromatic heterocycles. The van der Waals surface area contributed by atoms with Crippen molar-refractivity contribution in [2.75, 3.05) is 0 Å². The van der Waals surface area contributed by atoms with Crippen molar-refractivity contribution in [3.05, 3.63) is 6.92 Å². The van der Waals surface area contributed by atoms with Gasteiger partial charge in [0.1, 0.15) is 0 Å². The van der Waals surface area contributed by atoms with E-state index in [0.29, 0.717) is 6.42 Å². The molecule has 0 amide bonds. The molecule has 0 rings (SSSR count). The molecule has 0 aliphatic rings. The molecule has 1 N–H and O–H groups in total. The first-order valence-corrected chi connectivity index (χ1v) is 6.78. The van der Waals surface area contributed by atoms with Crippen LogP contribution in [0, 0.1) is 6.92 Å². The van der Waals surface area contributed by atoms with Gasteiger partial charge in [0.2, 0.25) is 0 Å². The van der Waals surface area contributed by atoms with E-state index in [1.54, 1.807) is 0 Å². The molecule has 0 bridgehead atoms. The first-order valence-electron chi connectivity index (χ1n) is 6.78. The lowest BCUT2D eigenvalue weighted by Crippen LogP contribution is -1.93.